The molecular weight excluding hydrogens is 286 g/mol. The van der Waals surface area contributed by atoms with E-state index in [0.29, 0.717) is 28.2 Å². The van der Waals surface area contributed by atoms with E-state index in [9.17, 15) is 4.79 Å². The number of fused-ring (bicyclic) bond motifs is 1. The zero-order chi connectivity index (χ0) is 14.7. The van der Waals surface area contributed by atoms with Gasteiger partial charge in [-0.1, -0.05) is 18.2 Å². The Labute approximate surface area is 126 Å². The fourth-order valence-electron chi connectivity index (χ4n) is 2.11. The van der Waals surface area contributed by atoms with Gasteiger partial charge in [-0.15, -0.1) is 11.6 Å². The van der Waals surface area contributed by atoms with Crippen LogP contribution in [-0.2, 0) is 5.88 Å². The van der Waals surface area contributed by atoms with Crippen LogP contribution in [0.2, 0.25) is 0 Å². The average molecular weight is 298 g/mol. The van der Waals surface area contributed by atoms with Crippen LogP contribution < -0.4 is 5.32 Å². The van der Waals surface area contributed by atoms with Crippen LogP contribution in [0.25, 0.3) is 11.0 Å². The standard InChI is InChI=1S/C16H12ClN3O/c17-10-11-3-1-4-12(9-11)20-16(21)13-5-2-6-14-15(13)19-8-7-18-14/h1-9H,10H2,(H,20,21). The summed E-state index contributed by atoms with van der Waals surface area (Å²) < 4.78 is 0. The molecule has 21 heavy (non-hydrogen) atoms. The van der Waals surface area contributed by atoms with Crippen LogP contribution >= 0.6 is 11.6 Å². The van der Waals surface area contributed by atoms with Gasteiger partial charge in [0.05, 0.1) is 11.1 Å². The summed E-state index contributed by atoms with van der Waals surface area (Å²) in [6.07, 6.45) is 3.18. The molecule has 0 radical (unpaired) electrons. The molecule has 2 aromatic carbocycles. The number of halogens is 1. The predicted molar refractivity (Wildman–Crippen MR) is 83.5 cm³/mol. The summed E-state index contributed by atoms with van der Waals surface area (Å²) in [5.74, 6) is 0.191. The normalized spacial score (nSPS) is 10.5. The minimum atomic E-state index is -0.215. The van der Waals surface area contributed by atoms with Crippen LogP contribution in [0.15, 0.2) is 54.9 Å². The number of hydrogen-bond acceptors (Lipinski definition) is 3. The molecule has 0 spiro atoms. The summed E-state index contributed by atoms with van der Waals surface area (Å²) in [7, 11) is 0. The lowest BCUT2D eigenvalue weighted by molar-refractivity contribution is 0.102. The van der Waals surface area contributed by atoms with Crippen molar-refractivity contribution in [1.29, 1.82) is 0 Å². The van der Waals surface area contributed by atoms with Crippen molar-refractivity contribution in [3.63, 3.8) is 0 Å². The maximum absolute atomic E-state index is 12.4. The second kappa shape index (κ2) is 5.89. The molecule has 0 bridgehead atoms. The number of carbonyl (C=O) groups is 1. The quantitative estimate of drug-likeness (QED) is 0.751. The lowest BCUT2D eigenvalue weighted by atomic mass is 10.1. The molecule has 0 saturated heterocycles. The SMILES string of the molecule is O=C(Nc1cccc(CCl)c1)c1cccc2nccnc12. The van der Waals surface area contributed by atoms with Gasteiger partial charge in [0.2, 0.25) is 0 Å². The molecule has 0 aliphatic rings. The molecule has 3 rings (SSSR count). The topological polar surface area (TPSA) is 54.9 Å². The monoisotopic (exact) mass is 297 g/mol. The zero-order valence-corrected chi connectivity index (χ0v) is 11.8. The molecule has 104 valence electrons. The Morgan fingerprint density at radius 2 is 1.90 bits per heavy atom. The fraction of sp³-hybridized carbons (Fsp3) is 0.0625. The first-order chi connectivity index (χ1) is 10.3. The van der Waals surface area contributed by atoms with Gasteiger partial charge in [-0.25, -0.2) is 0 Å². The molecule has 0 unspecified atom stereocenters. The van der Waals surface area contributed by atoms with Crippen molar-refractivity contribution in [3.8, 4) is 0 Å². The summed E-state index contributed by atoms with van der Waals surface area (Å²) >= 11 is 5.80. The van der Waals surface area contributed by atoms with Gasteiger partial charge in [0.15, 0.2) is 0 Å². The Morgan fingerprint density at radius 1 is 1.10 bits per heavy atom. The second-order valence-corrected chi connectivity index (χ2v) is 4.79. The van der Waals surface area contributed by atoms with E-state index in [1.54, 1.807) is 24.5 Å². The van der Waals surface area contributed by atoms with Crippen molar-refractivity contribution in [2.75, 3.05) is 5.32 Å². The molecule has 4 nitrogen and oxygen atoms in total. The predicted octanol–water partition coefficient (Wildman–Crippen LogP) is 3.62. The van der Waals surface area contributed by atoms with Crippen molar-refractivity contribution in [3.05, 3.63) is 66.0 Å². The number of hydrogen-bond donors (Lipinski definition) is 1. The largest absolute Gasteiger partial charge is 0.322 e. The number of carbonyl (C=O) groups excluding carboxylic acids is 1. The lowest BCUT2D eigenvalue weighted by Gasteiger charge is -2.08. The molecule has 1 aromatic heterocycles. The van der Waals surface area contributed by atoms with Gasteiger partial charge in [0, 0.05) is 24.0 Å². The van der Waals surface area contributed by atoms with Gasteiger partial charge in [-0.05, 0) is 29.8 Å². The number of alkyl halides is 1. The van der Waals surface area contributed by atoms with Crippen LogP contribution in [0.3, 0.4) is 0 Å². The van der Waals surface area contributed by atoms with Gasteiger partial charge in [0.1, 0.15) is 5.52 Å². The van der Waals surface area contributed by atoms with Crippen LogP contribution in [-0.4, -0.2) is 15.9 Å². The number of nitrogens with zero attached hydrogens (tertiary/aromatic N) is 2. The smallest absolute Gasteiger partial charge is 0.257 e. The van der Waals surface area contributed by atoms with Crippen LogP contribution in [0, 0.1) is 0 Å². The number of rotatable bonds is 3. The lowest BCUT2D eigenvalue weighted by Crippen LogP contribution is -2.13. The fourth-order valence-corrected chi connectivity index (χ4v) is 2.27. The number of benzene rings is 2. The van der Waals surface area contributed by atoms with Gasteiger partial charge in [0.25, 0.3) is 5.91 Å². The van der Waals surface area contributed by atoms with Crippen molar-refractivity contribution < 1.29 is 4.79 Å². The summed E-state index contributed by atoms with van der Waals surface area (Å²) in [6, 6.07) is 12.8. The third-order valence-electron chi connectivity index (χ3n) is 3.08. The van der Waals surface area contributed by atoms with Crippen LogP contribution in [0.1, 0.15) is 15.9 Å². The molecule has 0 atom stereocenters. The van der Waals surface area contributed by atoms with Gasteiger partial charge in [-0.3, -0.25) is 14.8 Å². The van der Waals surface area contributed by atoms with E-state index in [2.05, 4.69) is 15.3 Å². The molecule has 1 amide bonds. The van der Waals surface area contributed by atoms with Crippen molar-refractivity contribution >= 4 is 34.2 Å². The Kier molecular flexibility index (Phi) is 3.79. The first kappa shape index (κ1) is 13.5. The molecule has 1 heterocycles. The molecule has 3 aromatic rings. The Morgan fingerprint density at radius 3 is 2.76 bits per heavy atom. The summed E-state index contributed by atoms with van der Waals surface area (Å²) in [4.78, 5) is 20.8. The molecule has 0 fully saturated rings. The molecule has 0 saturated carbocycles. The molecule has 0 aliphatic carbocycles. The molecular formula is C16H12ClN3O. The average Bonchev–Trinajstić information content (AvgIpc) is 2.54. The first-order valence-corrected chi connectivity index (χ1v) is 6.97. The zero-order valence-electron chi connectivity index (χ0n) is 11.1. The van der Waals surface area contributed by atoms with Crippen molar-refractivity contribution in [1.82, 2.24) is 9.97 Å². The third kappa shape index (κ3) is 2.85. The van der Waals surface area contributed by atoms with E-state index < -0.39 is 0 Å². The van der Waals surface area contributed by atoms with Gasteiger partial charge < -0.3 is 5.32 Å². The Balaban J connectivity index is 1.93. The summed E-state index contributed by atoms with van der Waals surface area (Å²) in [6.45, 7) is 0. The third-order valence-corrected chi connectivity index (χ3v) is 3.39. The number of aromatic nitrogens is 2. The van der Waals surface area contributed by atoms with Crippen LogP contribution in [0.5, 0.6) is 0 Å². The minimum Gasteiger partial charge on any atom is -0.322 e. The van der Waals surface area contributed by atoms with Crippen LogP contribution in [0.4, 0.5) is 5.69 Å². The van der Waals surface area contributed by atoms with Crippen molar-refractivity contribution in [2.24, 2.45) is 0 Å². The highest BCUT2D eigenvalue weighted by molar-refractivity contribution is 6.17. The minimum absolute atomic E-state index is 0.215. The summed E-state index contributed by atoms with van der Waals surface area (Å²) in [5.41, 5.74) is 3.44. The number of amides is 1. The van der Waals surface area contributed by atoms with E-state index in [1.807, 2.05) is 30.3 Å². The highest BCUT2D eigenvalue weighted by Crippen LogP contribution is 2.17. The number of anilines is 1. The van der Waals surface area contributed by atoms with Gasteiger partial charge >= 0.3 is 0 Å². The molecule has 5 heteroatoms. The number of nitrogens with one attached hydrogen (secondary N) is 1. The van der Waals surface area contributed by atoms with E-state index in [4.69, 9.17) is 11.6 Å². The highest BCUT2D eigenvalue weighted by atomic mass is 35.5. The molecule has 1 N–H and O–H groups in total. The number of para-hydroxylation sites is 1. The molecule has 0 aliphatic heterocycles. The summed E-state index contributed by atoms with van der Waals surface area (Å²) in [5, 5.41) is 2.86. The van der Waals surface area contributed by atoms with E-state index in [0.717, 1.165) is 5.56 Å². The van der Waals surface area contributed by atoms with E-state index >= 15 is 0 Å². The maximum atomic E-state index is 12.4. The Bertz CT molecular complexity index is 799. The van der Waals surface area contributed by atoms with E-state index in [-0.39, 0.29) is 5.91 Å². The van der Waals surface area contributed by atoms with Gasteiger partial charge in [-0.2, -0.15) is 0 Å². The van der Waals surface area contributed by atoms with Crippen molar-refractivity contribution in [2.45, 2.75) is 5.88 Å². The second-order valence-electron chi connectivity index (χ2n) is 4.52. The first-order valence-electron chi connectivity index (χ1n) is 6.44. The maximum Gasteiger partial charge on any atom is 0.257 e. The Hall–Kier alpha value is -2.46. The highest BCUT2D eigenvalue weighted by Gasteiger charge is 2.11. The van der Waals surface area contributed by atoms with E-state index in [1.165, 1.54) is 0 Å².